The summed E-state index contributed by atoms with van der Waals surface area (Å²) in [6.45, 7) is 7.37. The van der Waals surface area contributed by atoms with Crippen molar-refractivity contribution in [1.82, 2.24) is 10.2 Å². The number of ketones is 1. The lowest BCUT2D eigenvalue weighted by Gasteiger charge is -2.26. The summed E-state index contributed by atoms with van der Waals surface area (Å²) in [6, 6.07) is 13.6. The highest BCUT2D eigenvalue weighted by Crippen LogP contribution is 2.39. The molecule has 3 N–H and O–H groups in total. The second kappa shape index (κ2) is 9.86. The molecule has 1 fully saturated rings. The number of benzene rings is 2. The summed E-state index contributed by atoms with van der Waals surface area (Å²) in [6.07, 6.45) is 0. The van der Waals surface area contributed by atoms with Gasteiger partial charge in [-0.3, -0.25) is 9.59 Å². The molecule has 0 aliphatic carbocycles. The minimum absolute atomic E-state index is 0.0208. The first-order chi connectivity index (χ1) is 15.1. The zero-order valence-electron chi connectivity index (χ0n) is 18.6. The molecule has 1 atom stereocenters. The van der Waals surface area contributed by atoms with Gasteiger partial charge in [0, 0.05) is 30.2 Å². The molecule has 0 saturated carbocycles. The van der Waals surface area contributed by atoms with Crippen LogP contribution in [0.3, 0.4) is 0 Å². The third-order valence-electron chi connectivity index (χ3n) is 5.57. The van der Waals surface area contributed by atoms with Gasteiger partial charge in [-0.1, -0.05) is 56.6 Å². The van der Waals surface area contributed by atoms with Crippen molar-refractivity contribution in [2.75, 3.05) is 26.2 Å². The third kappa shape index (κ3) is 5.04. The number of rotatable bonds is 7. The van der Waals surface area contributed by atoms with Gasteiger partial charge < -0.3 is 20.4 Å². The van der Waals surface area contributed by atoms with E-state index < -0.39 is 17.7 Å². The van der Waals surface area contributed by atoms with E-state index in [9.17, 15) is 14.7 Å². The zero-order valence-corrected chi connectivity index (χ0v) is 19.3. The molecule has 0 aromatic heterocycles. The molecule has 6 nitrogen and oxygen atoms in total. The maximum Gasteiger partial charge on any atom is 0.295 e. The number of hydrogen-bond acceptors (Lipinski definition) is 5. The van der Waals surface area contributed by atoms with E-state index in [1.807, 2.05) is 24.3 Å². The van der Waals surface area contributed by atoms with Gasteiger partial charge in [-0.2, -0.15) is 0 Å². The minimum Gasteiger partial charge on any atom is -0.507 e. The molecule has 1 aliphatic rings. The summed E-state index contributed by atoms with van der Waals surface area (Å²) in [5.74, 6) is -1.60. The molecule has 0 unspecified atom stereocenters. The fourth-order valence-electron chi connectivity index (χ4n) is 3.79. The Labute approximate surface area is 193 Å². The summed E-state index contributed by atoms with van der Waals surface area (Å²) in [4.78, 5) is 27.4. The summed E-state index contributed by atoms with van der Waals surface area (Å²) < 4.78 is 0. The van der Waals surface area contributed by atoms with Gasteiger partial charge in [0.25, 0.3) is 11.7 Å². The Kier molecular flexibility index (Phi) is 7.39. The van der Waals surface area contributed by atoms with Gasteiger partial charge >= 0.3 is 0 Å². The number of likely N-dealkylation sites (tertiary alicyclic amines) is 1. The number of Topliss-reactive ketones (excluding diaryl/α,β-unsaturated/α-hetero) is 1. The fraction of sp³-hybridized carbons (Fsp3) is 0.360. The Morgan fingerprint density at radius 3 is 2.22 bits per heavy atom. The second-order valence-corrected chi connectivity index (χ2v) is 9.28. The Hall–Kier alpha value is -2.67. The van der Waals surface area contributed by atoms with Gasteiger partial charge in [0.1, 0.15) is 5.76 Å². The van der Waals surface area contributed by atoms with Crippen molar-refractivity contribution in [1.29, 1.82) is 0 Å². The number of halogens is 1. The molecule has 0 spiro atoms. The molecule has 1 saturated heterocycles. The summed E-state index contributed by atoms with van der Waals surface area (Å²) in [5, 5.41) is 23.6. The van der Waals surface area contributed by atoms with Crippen LogP contribution in [-0.2, 0) is 15.0 Å². The van der Waals surface area contributed by atoms with E-state index in [0.717, 1.165) is 11.1 Å². The first-order valence-electron chi connectivity index (χ1n) is 10.6. The van der Waals surface area contributed by atoms with Gasteiger partial charge in [-0.05, 0) is 40.8 Å². The number of amides is 1. The van der Waals surface area contributed by atoms with Crippen LogP contribution in [0.2, 0.25) is 5.02 Å². The molecule has 170 valence electrons. The standard InChI is InChI=1S/C25H29ClN2O4/c1-25(2,3)18-8-4-16(5-9-18)21-20(22(30)17-6-10-19(26)11-7-17)23(31)24(32)28(21)14-12-27-13-15-29/h4-11,21,27,29-30H,12-15H2,1-3H3/t21-/m0/s1. The second-order valence-electron chi connectivity index (χ2n) is 8.84. The molecule has 1 heterocycles. The van der Waals surface area contributed by atoms with Crippen LogP contribution < -0.4 is 5.32 Å². The van der Waals surface area contributed by atoms with Crippen LogP contribution >= 0.6 is 11.6 Å². The minimum atomic E-state index is -0.718. The first kappa shape index (κ1) is 24.0. The van der Waals surface area contributed by atoms with Crippen molar-refractivity contribution in [3.63, 3.8) is 0 Å². The predicted octanol–water partition coefficient (Wildman–Crippen LogP) is 3.64. The van der Waals surface area contributed by atoms with Crippen LogP contribution in [0.25, 0.3) is 5.76 Å². The highest BCUT2D eigenvalue weighted by molar-refractivity contribution is 6.46. The molecule has 7 heteroatoms. The van der Waals surface area contributed by atoms with E-state index in [0.29, 0.717) is 23.7 Å². The molecular formula is C25H29ClN2O4. The molecule has 1 amide bonds. The largest absolute Gasteiger partial charge is 0.507 e. The number of aliphatic hydroxyl groups excluding tert-OH is 2. The predicted molar refractivity (Wildman–Crippen MR) is 126 cm³/mol. The first-order valence-corrected chi connectivity index (χ1v) is 11.0. The molecule has 3 rings (SSSR count). The maximum atomic E-state index is 13.0. The molecule has 0 bridgehead atoms. The van der Waals surface area contributed by atoms with Crippen LogP contribution in [0.4, 0.5) is 0 Å². The number of carbonyl (C=O) groups excluding carboxylic acids is 2. The van der Waals surface area contributed by atoms with Gasteiger partial charge in [0.2, 0.25) is 0 Å². The fourth-order valence-corrected chi connectivity index (χ4v) is 3.92. The molecule has 2 aromatic carbocycles. The quantitative estimate of drug-likeness (QED) is 0.256. The lowest BCUT2D eigenvalue weighted by atomic mass is 9.85. The summed E-state index contributed by atoms with van der Waals surface area (Å²) >= 11 is 5.96. The highest BCUT2D eigenvalue weighted by Gasteiger charge is 2.45. The smallest absolute Gasteiger partial charge is 0.295 e. The van der Waals surface area contributed by atoms with Gasteiger partial charge in [-0.25, -0.2) is 0 Å². The van der Waals surface area contributed by atoms with Gasteiger partial charge in [0.15, 0.2) is 0 Å². The molecule has 0 radical (unpaired) electrons. The van der Waals surface area contributed by atoms with E-state index in [2.05, 4.69) is 26.1 Å². The Morgan fingerprint density at radius 1 is 1.03 bits per heavy atom. The number of carbonyl (C=O) groups is 2. The van der Waals surface area contributed by atoms with Gasteiger partial charge in [0.05, 0.1) is 18.2 Å². The average molecular weight is 457 g/mol. The van der Waals surface area contributed by atoms with Crippen molar-refractivity contribution < 1.29 is 19.8 Å². The molecule has 32 heavy (non-hydrogen) atoms. The molecule has 2 aromatic rings. The van der Waals surface area contributed by atoms with Crippen LogP contribution in [0, 0.1) is 0 Å². The van der Waals surface area contributed by atoms with Gasteiger partial charge in [-0.15, -0.1) is 0 Å². The Bertz CT molecular complexity index is 1010. The Balaban J connectivity index is 2.07. The number of nitrogens with zero attached hydrogens (tertiary/aromatic N) is 1. The van der Waals surface area contributed by atoms with Crippen LogP contribution in [0.15, 0.2) is 54.1 Å². The zero-order chi connectivity index (χ0) is 23.5. The van der Waals surface area contributed by atoms with Crippen LogP contribution in [-0.4, -0.2) is 53.0 Å². The van der Waals surface area contributed by atoms with Crippen molar-refractivity contribution in [3.8, 4) is 0 Å². The number of aliphatic hydroxyl groups is 2. The lowest BCUT2D eigenvalue weighted by molar-refractivity contribution is -0.139. The SMILES string of the molecule is CC(C)(C)c1ccc([C@H]2C(=C(O)c3ccc(Cl)cc3)C(=O)C(=O)N2CCNCCO)cc1. The van der Waals surface area contributed by atoms with E-state index >= 15 is 0 Å². The van der Waals surface area contributed by atoms with Crippen molar-refractivity contribution in [3.05, 3.63) is 75.8 Å². The number of nitrogens with one attached hydrogen (secondary N) is 1. The normalized spacial score (nSPS) is 18.4. The summed E-state index contributed by atoms with van der Waals surface area (Å²) in [7, 11) is 0. The monoisotopic (exact) mass is 456 g/mol. The van der Waals surface area contributed by atoms with Crippen LogP contribution in [0.5, 0.6) is 0 Å². The van der Waals surface area contributed by atoms with Crippen LogP contribution in [0.1, 0.15) is 43.5 Å². The lowest BCUT2D eigenvalue weighted by Crippen LogP contribution is -2.36. The summed E-state index contributed by atoms with van der Waals surface area (Å²) in [5.41, 5.74) is 2.30. The van der Waals surface area contributed by atoms with E-state index in [4.69, 9.17) is 16.7 Å². The molecule has 1 aliphatic heterocycles. The highest BCUT2D eigenvalue weighted by atomic mass is 35.5. The van der Waals surface area contributed by atoms with Crippen molar-refractivity contribution in [2.24, 2.45) is 0 Å². The Morgan fingerprint density at radius 2 is 1.66 bits per heavy atom. The van der Waals surface area contributed by atoms with E-state index in [1.54, 1.807) is 24.3 Å². The third-order valence-corrected chi connectivity index (χ3v) is 5.82. The van der Waals surface area contributed by atoms with E-state index in [1.165, 1.54) is 4.90 Å². The molecular weight excluding hydrogens is 428 g/mol. The maximum absolute atomic E-state index is 13.0. The topological polar surface area (TPSA) is 89.9 Å². The van der Waals surface area contributed by atoms with Crippen molar-refractivity contribution >= 4 is 29.1 Å². The van der Waals surface area contributed by atoms with Crippen molar-refractivity contribution in [2.45, 2.75) is 32.2 Å². The average Bonchev–Trinajstić information content (AvgIpc) is 3.01. The van der Waals surface area contributed by atoms with E-state index in [-0.39, 0.29) is 29.9 Å². The number of hydrogen-bond donors (Lipinski definition) is 3.